The predicted octanol–water partition coefficient (Wildman–Crippen LogP) is 0.851. The molecule has 2 aromatic heterocycles. The quantitative estimate of drug-likeness (QED) is 0.486. The van der Waals surface area contributed by atoms with E-state index in [-0.39, 0.29) is 11.9 Å². The summed E-state index contributed by atoms with van der Waals surface area (Å²) in [6.07, 6.45) is 2.38. The van der Waals surface area contributed by atoms with E-state index in [2.05, 4.69) is 52.6 Å². The summed E-state index contributed by atoms with van der Waals surface area (Å²) in [7, 11) is 0. The molecule has 0 saturated carbocycles. The topological polar surface area (TPSA) is 133 Å². The van der Waals surface area contributed by atoms with Gasteiger partial charge in [-0.25, -0.2) is 9.97 Å². The maximum atomic E-state index is 11.7. The fourth-order valence-corrected chi connectivity index (χ4v) is 4.44. The van der Waals surface area contributed by atoms with E-state index in [4.69, 9.17) is 5.73 Å². The Bertz CT molecular complexity index is 1160. The molecule has 0 spiro atoms. The van der Waals surface area contributed by atoms with Crippen molar-refractivity contribution in [2.24, 2.45) is 0 Å². The fourth-order valence-electron chi connectivity index (χ4n) is 4.44. The lowest BCUT2D eigenvalue weighted by Gasteiger charge is -2.29. The molecule has 12 nitrogen and oxygen atoms in total. The normalized spacial score (nSPS) is 16.8. The van der Waals surface area contributed by atoms with Gasteiger partial charge >= 0.3 is 0 Å². The van der Waals surface area contributed by atoms with Gasteiger partial charge in [-0.1, -0.05) is 0 Å². The molecule has 0 radical (unpaired) electrons. The molecule has 4 heterocycles. The van der Waals surface area contributed by atoms with Gasteiger partial charge in [0.05, 0.1) is 0 Å². The lowest BCUT2D eigenvalue weighted by molar-refractivity contribution is -0.128. The summed E-state index contributed by atoms with van der Waals surface area (Å²) in [5, 5.41) is 11.1. The van der Waals surface area contributed by atoms with Crippen molar-refractivity contribution in [1.29, 1.82) is 0 Å². The van der Waals surface area contributed by atoms with E-state index in [1.54, 1.807) is 6.92 Å². The Morgan fingerprint density at radius 3 is 2.51 bits per heavy atom. The molecule has 5 rings (SSSR count). The van der Waals surface area contributed by atoms with Gasteiger partial charge in [-0.15, -0.1) is 5.10 Å². The van der Waals surface area contributed by atoms with Crippen molar-refractivity contribution in [2.45, 2.75) is 13.3 Å². The molecule has 2 aliphatic heterocycles. The first-order valence-corrected chi connectivity index (χ1v) is 11.9. The van der Waals surface area contributed by atoms with Crippen LogP contribution < -0.4 is 26.2 Å². The van der Waals surface area contributed by atoms with E-state index >= 15 is 0 Å². The van der Waals surface area contributed by atoms with Crippen LogP contribution in [0.1, 0.15) is 13.3 Å². The van der Waals surface area contributed by atoms with Gasteiger partial charge in [0.15, 0.2) is 5.82 Å². The number of rotatable bonds is 5. The van der Waals surface area contributed by atoms with E-state index in [1.807, 2.05) is 23.1 Å². The van der Waals surface area contributed by atoms with Crippen molar-refractivity contribution in [2.75, 3.05) is 73.2 Å². The van der Waals surface area contributed by atoms with E-state index in [1.165, 1.54) is 16.7 Å². The molecule has 1 aromatic carbocycles. The predicted molar refractivity (Wildman–Crippen MR) is 135 cm³/mol. The standard InChI is InChI=1S/C23H31N11O/c1-17(35)31-9-2-10-33(14-13-31)20-15-21(27-16-26-20)34-22(24)29-23(30-34)28-18-3-5-19(6-4-18)32-11-7-25-8-12-32/h3-6,15-16,25H,2,7-14H2,1H3,(H3,24,28,29,30). The minimum absolute atomic E-state index is 0.101. The molecule has 12 heteroatoms. The van der Waals surface area contributed by atoms with Crippen molar-refractivity contribution in [1.82, 2.24) is 34.9 Å². The minimum atomic E-state index is 0.101. The van der Waals surface area contributed by atoms with Crippen LogP contribution in [0, 0.1) is 0 Å². The Balaban J connectivity index is 1.28. The van der Waals surface area contributed by atoms with E-state index < -0.39 is 0 Å². The summed E-state index contributed by atoms with van der Waals surface area (Å²) >= 11 is 0. The Morgan fingerprint density at radius 1 is 0.971 bits per heavy atom. The SMILES string of the molecule is CC(=O)N1CCCN(c2cc(-n3nc(Nc4ccc(N5CCNCC5)cc4)nc3N)ncn2)CC1. The highest BCUT2D eigenvalue weighted by molar-refractivity contribution is 5.73. The molecule has 0 bridgehead atoms. The van der Waals surface area contributed by atoms with Gasteiger partial charge < -0.3 is 31.1 Å². The number of anilines is 5. The second-order valence-electron chi connectivity index (χ2n) is 8.70. The zero-order valence-corrected chi connectivity index (χ0v) is 19.9. The Labute approximate surface area is 204 Å². The zero-order chi connectivity index (χ0) is 24.2. The van der Waals surface area contributed by atoms with Crippen molar-refractivity contribution in [3.05, 3.63) is 36.7 Å². The van der Waals surface area contributed by atoms with Crippen LogP contribution in [0.5, 0.6) is 0 Å². The summed E-state index contributed by atoms with van der Waals surface area (Å²) in [5.74, 6) is 2.03. The summed E-state index contributed by atoms with van der Waals surface area (Å²) in [6, 6.07) is 10.1. The van der Waals surface area contributed by atoms with E-state index in [0.29, 0.717) is 24.9 Å². The number of amides is 1. The van der Waals surface area contributed by atoms with Crippen LogP contribution in [0.15, 0.2) is 36.7 Å². The maximum absolute atomic E-state index is 11.7. The number of carbonyl (C=O) groups is 1. The molecule has 2 aliphatic rings. The number of nitrogen functional groups attached to an aromatic ring is 1. The Kier molecular flexibility index (Phi) is 6.62. The summed E-state index contributed by atoms with van der Waals surface area (Å²) in [4.78, 5) is 31.3. The Morgan fingerprint density at radius 2 is 1.74 bits per heavy atom. The largest absolute Gasteiger partial charge is 0.369 e. The summed E-state index contributed by atoms with van der Waals surface area (Å²) < 4.78 is 1.50. The number of hydrogen-bond acceptors (Lipinski definition) is 10. The number of piperazine rings is 1. The van der Waals surface area contributed by atoms with Crippen LogP contribution in [0.25, 0.3) is 5.82 Å². The lowest BCUT2D eigenvalue weighted by Crippen LogP contribution is -2.43. The molecule has 2 fully saturated rings. The minimum Gasteiger partial charge on any atom is -0.369 e. The molecule has 35 heavy (non-hydrogen) atoms. The zero-order valence-electron chi connectivity index (χ0n) is 19.9. The van der Waals surface area contributed by atoms with Crippen LogP contribution in [0.2, 0.25) is 0 Å². The second kappa shape index (κ2) is 10.1. The average molecular weight is 478 g/mol. The highest BCUT2D eigenvalue weighted by Crippen LogP contribution is 2.22. The lowest BCUT2D eigenvalue weighted by atomic mass is 10.2. The van der Waals surface area contributed by atoms with Crippen molar-refractivity contribution < 1.29 is 4.79 Å². The van der Waals surface area contributed by atoms with Crippen molar-refractivity contribution >= 4 is 35.0 Å². The van der Waals surface area contributed by atoms with Gasteiger partial charge in [0.1, 0.15) is 12.1 Å². The molecule has 1 amide bonds. The van der Waals surface area contributed by atoms with Crippen LogP contribution in [-0.4, -0.2) is 87.9 Å². The van der Waals surface area contributed by atoms with Crippen LogP contribution in [-0.2, 0) is 4.79 Å². The molecule has 0 atom stereocenters. The smallest absolute Gasteiger partial charge is 0.248 e. The Hall–Kier alpha value is -3.93. The molecule has 0 aliphatic carbocycles. The van der Waals surface area contributed by atoms with Gasteiger partial charge in [-0.3, -0.25) is 4.79 Å². The monoisotopic (exact) mass is 477 g/mol. The van der Waals surface area contributed by atoms with Crippen molar-refractivity contribution in [3.63, 3.8) is 0 Å². The number of nitrogens with two attached hydrogens (primary N) is 1. The first-order chi connectivity index (χ1) is 17.1. The van der Waals surface area contributed by atoms with Gasteiger partial charge in [-0.2, -0.15) is 9.67 Å². The number of aromatic nitrogens is 5. The molecule has 2 saturated heterocycles. The number of nitrogens with one attached hydrogen (secondary N) is 2. The van der Waals surface area contributed by atoms with E-state index in [0.717, 1.165) is 57.2 Å². The van der Waals surface area contributed by atoms with Crippen molar-refractivity contribution in [3.8, 4) is 5.82 Å². The maximum Gasteiger partial charge on any atom is 0.248 e. The first-order valence-electron chi connectivity index (χ1n) is 11.9. The highest BCUT2D eigenvalue weighted by atomic mass is 16.2. The van der Waals surface area contributed by atoms with Crippen LogP contribution >= 0.6 is 0 Å². The summed E-state index contributed by atoms with van der Waals surface area (Å²) in [5.41, 5.74) is 8.25. The molecule has 3 aromatic rings. The van der Waals surface area contributed by atoms with Gasteiger partial charge in [0.2, 0.25) is 17.8 Å². The molecule has 0 unspecified atom stereocenters. The highest BCUT2D eigenvalue weighted by Gasteiger charge is 2.19. The van der Waals surface area contributed by atoms with Gasteiger partial charge in [-0.05, 0) is 30.7 Å². The van der Waals surface area contributed by atoms with Gasteiger partial charge in [0.25, 0.3) is 0 Å². The number of hydrogen-bond donors (Lipinski definition) is 3. The molecule has 184 valence electrons. The van der Waals surface area contributed by atoms with E-state index in [9.17, 15) is 4.79 Å². The fraction of sp³-hybridized carbons (Fsp3) is 0.435. The van der Waals surface area contributed by atoms with Crippen LogP contribution in [0.3, 0.4) is 0 Å². The third-order valence-electron chi connectivity index (χ3n) is 6.36. The second-order valence-corrected chi connectivity index (χ2v) is 8.70. The third-order valence-corrected chi connectivity index (χ3v) is 6.36. The molecular formula is C23H31N11O. The number of nitrogens with zero attached hydrogens (tertiary/aromatic N) is 8. The van der Waals surface area contributed by atoms with Gasteiger partial charge in [0, 0.05) is 76.7 Å². The van der Waals surface area contributed by atoms with Crippen LogP contribution in [0.4, 0.5) is 29.1 Å². The number of carbonyl (C=O) groups excluding carboxylic acids is 1. The summed E-state index contributed by atoms with van der Waals surface area (Å²) in [6.45, 7) is 8.56. The average Bonchev–Trinajstić information content (AvgIpc) is 3.08. The number of benzene rings is 1. The third kappa shape index (κ3) is 5.27. The molecular weight excluding hydrogens is 446 g/mol. The first kappa shape index (κ1) is 22.8. The molecule has 4 N–H and O–H groups in total.